The van der Waals surface area contributed by atoms with Gasteiger partial charge in [-0.15, -0.1) is 12.4 Å². The standard InChI is InChI=1S/C12H15F3N2.ClH/c13-12(14,15)10-3-4-11(17-7-5-10)9-2-1-6-16-8-9;/h1-2,6,8,10-11,17H,3-5,7H2;1H. The van der Waals surface area contributed by atoms with E-state index in [2.05, 4.69) is 10.3 Å². The van der Waals surface area contributed by atoms with Gasteiger partial charge >= 0.3 is 6.18 Å². The van der Waals surface area contributed by atoms with Gasteiger partial charge in [0, 0.05) is 18.4 Å². The molecule has 1 aliphatic heterocycles. The van der Waals surface area contributed by atoms with Crippen LogP contribution >= 0.6 is 12.4 Å². The lowest BCUT2D eigenvalue weighted by Gasteiger charge is -2.17. The highest BCUT2D eigenvalue weighted by atomic mass is 35.5. The molecule has 0 bridgehead atoms. The maximum absolute atomic E-state index is 12.6. The summed E-state index contributed by atoms with van der Waals surface area (Å²) >= 11 is 0. The van der Waals surface area contributed by atoms with Crippen LogP contribution in [0.3, 0.4) is 0 Å². The minimum Gasteiger partial charge on any atom is -0.310 e. The van der Waals surface area contributed by atoms with E-state index in [9.17, 15) is 13.2 Å². The van der Waals surface area contributed by atoms with Crippen molar-refractivity contribution in [1.29, 1.82) is 0 Å². The lowest BCUT2D eigenvalue weighted by atomic mass is 9.97. The van der Waals surface area contributed by atoms with Crippen molar-refractivity contribution in [3.05, 3.63) is 30.1 Å². The zero-order chi connectivity index (χ0) is 12.3. The third-order valence-electron chi connectivity index (χ3n) is 3.24. The summed E-state index contributed by atoms with van der Waals surface area (Å²) in [5.74, 6) is -1.17. The maximum atomic E-state index is 12.6. The van der Waals surface area contributed by atoms with E-state index in [-0.39, 0.29) is 31.3 Å². The Bertz CT molecular complexity index is 356. The highest BCUT2D eigenvalue weighted by molar-refractivity contribution is 5.85. The van der Waals surface area contributed by atoms with Crippen LogP contribution in [0.4, 0.5) is 13.2 Å². The fourth-order valence-corrected chi connectivity index (χ4v) is 2.24. The molecule has 2 rings (SSSR count). The Morgan fingerprint density at radius 1 is 1.22 bits per heavy atom. The number of hydrogen-bond donors (Lipinski definition) is 1. The molecule has 0 aromatic carbocycles. The number of rotatable bonds is 1. The Morgan fingerprint density at radius 3 is 2.61 bits per heavy atom. The van der Waals surface area contributed by atoms with Gasteiger partial charge in [-0.3, -0.25) is 4.98 Å². The number of pyridine rings is 1. The maximum Gasteiger partial charge on any atom is 0.391 e. The van der Waals surface area contributed by atoms with Crippen LogP contribution in [-0.4, -0.2) is 17.7 Å². The molecular weight excluding hydrogens is 265 g/mol. The number of aromatic nitrogens is 1. The number of halogens is 4. The van der Waals surface area contributed by atoms with Gasteiger partial charge in [-0.05, 0) is 37.4 Å². The molecule has 18 heavy (non-hydrogen) atoms. The van der Waals surface area contributed by atoms with Crippen molar-refractivity contribution in [3.8, 4) is 0 Å². The first kappa shape index (κ1) is 15.2. The Hall–Kier alpha value is -0.810. The third kappa shape index (κ3) is 3.85. The van der Waals surface area contributed by atoms with Crippen LogP contribution in [0.15, 0.2) is 24.5 Å². The molecule has 6 heteroatoms. The first-order valence-electron chi connectivity index (χ1n) is 5.77. The van der Waals surface area contributed by atoms with Crippen molar-refractivity contribution >= 4 is 12.4 Å². The Labute approximate surface area is 110 Å². The van der Waals surface area contributed by atoms with E-state index in [1.165, 1.54) is 0 Å². The van der Waals surface area contributed by atoms with E-state index < -0.39 is 12.1 Å². The van der Waals surface area contributed by atoms with E-state index in [4.69, 9.17) is 0 Å². The van der Waals surface area contributed by atoms with Gasteiger partial charge < -0.3 is 5.32 Å². The molecule has 102 valence electrons. The van der Waals surface area contributed by atoms with Crippen molar-refractivity contribution in [2.75, 3.05) is 6.54 Å². The van der Waals surface area contributed by atoms with Crippen molar-refractivity contribution < 1.29 is 13.2 Å². The first-order valence-corrected chi connectivity index (χ1v) is 5.77. The van der Waals surface area contributed by atoms with Crippen LogP contribution in [0.5, 0.6) is 0 Å². The molecule has 0 amide bonds. The average Bonchev–Trinajstić information content (AvgIpc) is 2.55. The molecule has 2 heterocycles. The molecule has 0 aliphatic carbocycles. The molecular formula is C12H16ClF3N2. The van der Waals surface area contributed by atoms with Gasteiger partial charge in [0.15, 0.2) is 0 Å². The van der Waals surface area contributed by atoms with Crippen LogP contribution in [0.25, 0.3) is 0 Å². The lowest BCUT2D eigenvalue weighted by molar-refractivity contribution is -0.176. The first-order chi connectivity index (χ1) is 8.07. The second kappa shape index (κ2) is 6.38. The monoisotopic (exact) mass is 280 g/mol. The lowest BCUT2D eigenvalue weighted by Crippen LogP contribution is -2.24. The number of nitrogens with one attached hydrogen (secondary N) is 1. The quantitative estimate of drug-likeness (QED) is 0.852. The second-order valence-electron chi connectivity index (χ2n) is 4.40. The van der Waals surface area contributed by atoms with Gasteiger partial charge in [0.25, 0.3) is 0 Å². The van der Waals surface area contributed by atoms with Crippen molar-refractivity contribution in [2.24, 2.45) is 5.92 Å². The van der Waals surface area contributed by atoms with Crippen LogP contribution < -0.4 is 5.32 Å². The average molecular weight is 281 g/mol. The topological polar surface area (TPSA) is 24.9 Å². The Morgan fingerprint density at radius 2 is 2.00 bits per heavy atom. The summed E-state index contributed by atoms with van der Waals surface area (Å²) in [6.45, 7) is 0.406. The summed E-state index contributed by atoms with van der Waals surface area (Å²) in [7, 11) is 0. The van der Waals surface area contributed by atoms with Gasteiger partial charge in [0.2, 0.25) is 0 Å². The number of alkyl halides is 3. The van der Waals surface area contributed by atoms with Gasteiger partial charge in [0.05, 0.1) is 5.92 Å². The molecule has 1 N–H and O–H groups in total. The van der Waals surface area contributed by atoms with Gasteiger partial charge in [-0.1, -0.05) is 6.07 Å². The van der Waals surface area contributed by atoms with E-state index in [0.29, 0.717) is 13.0 Å². The van der Waals surface area contributed by atoms with Gasteiger partial charge in [-0.25, -0.2) is 0 Å². The van der Waals surface area contributed by atoms with Gasteiger partial charge in [-0.2, -0.15) is 13.2 Å². The predicted octanol–water partition coefficient (Wildman–Crippen LogP) is 3.50. The molecule has 2 unspecified atom stereocenters. The molecule has 1 fully saturated rings. The van der Waals surface area contributed by atoms with E-state index >= 15 is 0 Å². The molecule has 1 aliphatic rings. The molecule has 1 aromatic heterocycles. The highest BCUT2D eigenvalue weighted by Crippen LogP contribution is 2.36. The Balaban J connectivity index is 0.00000162. The number of nitrogens with zero attached hydrogens (tertiary/aromatic N) is 1. The molecule has 0 spiro atoms. The van der Waals surface area contributed by atoms with Gasteiger partial charge in [0.1, 0.15) is 0 Å². The summed E-state index contributed by atoms with van der Waals surface area (Å²) in [6.07, 6.45) is 0.183. The fraction of sp³-hybridized carbons (Fsp3) is 0.583. The summed E-state index contributed by atoms with van der Waals surface area (Å²) in [5.41, 5.74) is 0.968. The minimum absolute atomic E-state index is 0. The Kier molecular flexibility index (Phi) is 5.41. The third-order valence-corrected chi connectivity index (χ3v) is 3.24. The molecule has 0 radical (unpaired) electrons. The SMILES string of the molecule is Cl.FC(F)(F)C1CCNC(c2cccnc2)CC1. The largest absolute Gasteiger partial charge is 0.391 e. The van der Waals surface area contributed by atoms with E-state index in [1.54, 1.807) is 12.4 Å². The minimum atomic E-state index is -4.06. The highest BCUT2D eigenvalue weighted by Gasteiger charge is 2.40. The van der Waals surface area contributed by atoms with Crippen molar-refractivity contribution in [2.45, 2.75) is 31.5 Å². The van der Waals surface area contributed by atoms with Crippen LogP contribution in [0.2, 0.25) is 0 Å². The van der Waals surface area contributed by atoms with Crippen LogP contribution in [0.1, 0.15) is 30.9 Å². The zero-order valence-corrected chi connectivity index (χ0v) is 10.6. The fourth-order valence-electron chi connectivity index (χ4n) is 2.24. The smallest absolute Gasteiger partial charge is 0.310 e. The summed E-state index contributed by atoms with van der Waals surface area (Å²) in [6, 6.07) is 3.71. The molecule has 0 saturated carbocycles. The number of hydrogen-bond acceptors (Lipinski definition) is 2. The predicted molar refractivity (Wildman–Crippen MR) is 65.6 cm³/mol. The van der Waals surface area contributed by atoms with Crippen molar-refractivity contribution in [1.82, 2.24) is 10.3 Å². The summed E-state index contributed by atoms with van der Waals surface area (Å²) in [4.78, 5) is 4.00. The van der Waals surface area contributed by atoms with Crippen molar-refractivity contribution in [3.63, 3.8) is 0 Å². The normalized spacial score (nSPS) is 25.1. The van der Waals surface area contributed by atoms with Crippen LogP contribution in [0, 0.1) is 5.92 Å². The molecule has 2 nitrogen and oxygen atoms in total. The molecule has 1 saturated heterocycles. The van der Waals surface area contributed by atoms with Crippen LogP contribution in [-0.2, 0) is 0 Å². The van der Waals surface area contributed by atoms with E-state index in [0.717, 1.165) is 5.56 Å². The second-order valence-corrected chi connectivity index (χ2v) is 4.40. The van der Waals surface area contributed by atoms with E-state index in [1.807, 2.05) is 12.1 Å². The molecule has 1 aromatic rings. The summed E-state index contributed by atoms with van der Waals surface area (Å²) < 4.78 is 37.8. The summed E-state index contributed by atoms with van der Waals surface area (Å²) in [5, 5.41) is 3.16. The molecule has 2 atom stereocenters. The zero-order valence-electron chi connectivity index (χ0n) is 9.78.